The fourth-order valence-electron chi connectivity index (χ4n) is 2.80. The number of carbonyl (C=O) groups excluding carboxylic acids is 1. The minimum Gasteiger partial charge on any atom is -0.497 e. The number of aromatic nitrogens is 2. The largest absolute Gasteiger partial charge is 0.497 e. The quantitative estimate of drug-likeness (QED) is 0.881. The highest BCUT2D eigenvalue weighted by Crippen LogP contribution is 2.21. The van der Waals surface area contributed by atoms with E-state index in [0.717, 1.165) is 22.7 Å². The Morgan fingerprint density at radius 3 is 2.38 bits per heavy atom. The Morgan fingerprint density at radius 1 is 1.29 bits per heavy atom. The van der Waals surface area contributed by atoms with E-state index < -0.39 is 0 Å². The number of rotatable bonds is 6. The molecule has 1 aromatic carbocycles. The van der Waals surface area contributed by atoms with Crippen molar-refractivity contribution in [3.05, 3.63) is 46.8 Å². The summed E-state index contributed by atoms with van der Waals surface area (Å²) < 4.78 is 6.93. The normalized spacial score (nSPS) is 12.3. The van der Waals surface area contributed by atoms with Gasteiger partial charge in [0.1, 0.15) is 5.75 Å². The van der Waals surface area contributed by atoms with E-state index in [9.17, 15) is 4.79 Å². The number of aryl methyl sites for hydroxylation is 2. The molecule has 1 unspecified atom stereocenters. The van der Waals surface area contributed by atoms with Gasteiger partial charge in [-0.25, -0.2) is 0 Å². The molecule has 6 heteroatoms. The predicted molar refractivity (Wildman–Crippen MR) is 94.4 cm³/mol. The average Bonchev–Trinajstić information content (AvgIpc) is 2.80. The van der Waals surface area contributed by atoms with E-state index in [1.54, 1.807) is 11.8 Å². The standard InChI is InChI=1S/C18H26N4O2/c1-12-17(13(2)22(5)20-12)18(23)19-11-16(21(3)4)14-7-9-15(24-6)10-8-14/h7-10,16H,11H2,1-6H3,(H,19,23). The lowest BCUT2D eigenvalue weighted by molar-refractivity contribution is 0.0940. The SMILES string of the molecule is COc1ccc(C(CNC(=O)c2c(C)nn(C)c2C)N(C)C)cc1. The van der Waals surface area contributed by atoms with Crippen LogP contribution < -0.4 is 10.1 Å². The van der Waals surface area contributed by atoms with Crippen LogP contribution in [-0.2, 0) is 7.05 Å². The molecule has 0 spiro atoms. The van der Waals surface area contributed by atoms with Crippen LogP contribution in [0.15, 0.2) is 24.3 Å². The van der Waals surface area contributed by atoms with Crippen molar-refractivity contribution >= 4 is 5.91 Å². The third kappa shape index (κ3) is 3.76. The molecule has 0 aliphatic carbocycles. The van der Waals surface area contributed by atoms with Gasteiger partial charge in [-0.2, -0.15) is 5.10 Å². The van der Waals surface area contributed by atoms with E-state index >= 15 is 0 Å². The Hall–Kier alpha value is -2.34. The molecule has 0 aliphatic heterocycles. The van der Waals surface area contributed by atoms with Gasteiger partial charge in [0.2, 0.25) is 0 Å². The van der Waals surface area contributed by atoms with Crippen LogP contribution in [0.25, 0.3) is 0 Å². The van der Waals surface area contributed by atoms with Crippen molar-refractivity contribution in [1.29, 1.82) is 0 Å². The summed E-state index contributed by atoms with van der Waals surface area (Å²) in [4.78, 5) is 14.6. The second kappa shape index (κ2) is 7.49. The van der Waals surface area contributed by atoms with E-state index in [1.807, 2.05) is 59.3 Å². The van der Waals surface area contributed by atoms with Gasteiger partial charge in [-0.3, -0.25) is 9.48 Å². The lowest BCUT2D eigenvalue weighted by Gasteiger charge is -2.25. The molecule has 0 saturated heterocycles. The molecule has 1 N–H and O–H groups in total. The molecule has 0 fully saturated rings. The van der Waals surface area contributed by atoms with E-state index in [4.69, 9.17) is 4.74 Å². The first-order valence-corrected chi connectivity index (χ1v) is 7.94. The number of nitrogens with one attached hydrogen (secondary N) is 1. The lowest BCUT2D eigenvalue weighted by Crippen LogP contribution is -2.35. The number of methoxy groups -OCH3 is 1. The van der Waals surface area contributed by atoms with Gasteiger partial charge in [-0.15, -0.1) is 0 Å². The molecule has 2 aromatic rings. The number of hydrogen-bond acceptors (Lipinski definition) is 4. The van der Waals surface area contributed by atoms with Crippen molar-refractivity contribution in [2.45, 2.75) is 19.9 Å². The molecule has 24 heavy (non-hydrogen) atoms. The molecule has 0 bridgehead atoms. The Labute approximate surface area is 143 Å². The average molecular weight is 330 g/mol. The van der Waals surface area contributed by atoms with Crippen molar-refractivity contribution in [3.8, 4) is 5.75 Å². The molecule has 0 saturated carbocycles. The van der Waals surface area contributed by atoms with Crippen LogP contribution in [0.5, 0.6) is 5.75 Å². The third-order valence-electron chi connectivity index (χ3n) is 4.32. The van der Waals surface area contributed by atoms with Gasteiger partial charge in [0, 0.05) is 19.3 Å². The summed E-state index contributed by atoms with van der Waals surface area (Å²) in [5, 5.41) is 7.34. The van der Waals surface area contributed by atoms with Crippen LogP contribution in [-0.4, -0.2) is 48.3 Å². The molecule has 1 atom stereocenters. The highest BCUT2D eigenvalue weighted by molar-refractivity contribution is 5.96. The highest BCUT2D eigenvalue weighted by Gasteiger charge is 2.20. The van der Waals surface area contributed by atoms with Crippen molar-refractivity contribution < 1.29 is 9.53 Å². The number of ether oxygens (including phenoxy) is 1. The first kappa shape index (κ1) is 18.0. The van der Waals surface area contributed by atoms with E-state index in [1.165, 1.54) is 0 Å². The number of likely N-dealkylation sites (N-methyl/N-ethyl adjacent to an activating group) is 1. The Bertz CT molecular complexity index is 705. The number of benzene rings is 1. The molecule has 6 nitrogen and oxygen atoms in total. The zero-order valence-corrected chi connectivity index (χ0v) is 15.3. The van der Waals surface area contributed by atoms with E-state index in [-0.39, 0.29) is 11.9 Å². The second-order valence-electron chi connectivity index (χ2n) is 6.13. The lowest BCUT2D eigenvalue weighted by atomic mass is 10.1. The summed E-state index contributed by atoms with van der Waals surface area (Å²) in [7, 11) is 7.50. The van der Waals surface area contributed by atoms with Crippen LogP contribution in [0.4, 0.5) is 0 Å². The van der Waals surface area contributed by atoms with Crippen molar-refractivity contribution in [3.63, 3.8) is 0 Å². The van der Waals surface area contributed by atoms with Gasteiger partial charge in [-0.05, 0) is 45.6 Å². The maximum Gasteiger partial charge on any atom is 0.255 e. The Balaban J connectivity index is 2.12. The van der Waals surface area contributed by atoms with Gasteiger partial charge in [0.15, 0.2) is 0 Å². The number of nitrogens with zero attached hydrogens (tertiary/aromatic N) is 3. The molecule has 0 radical (unpaired) electrons. The molecule has 2 rings (SSSR count). The van der Waals surface area contributed by atoms with Crippen LogP contribution in [0, 0.1) is 13.8 Å². The van der Waals surface area contributed by atoms with Crippen molar-refractivity contribution in [1.82, 2.24) is 20.0 Å². The maximum absolute atomic E-state index is 12.6. The van der Waals surface area contributed by atoms with Crippen LogP contribution in [0.2, 0.25) is 0 Å². The molecular formula is C18H26N4O2. The zero-order chi connectivity index (χ0) is 17.9. The maximum atomic E-state index is 12.6. The fraction of sp³-hybridized carbons (Fsp3) is 0.444. The van der Waals surface area contributed by atoms with Gasteiger partial charge >= 0.3 is 0 Å². The van der Waals surface area contributed by atoms with Gasteiger partial charge in [0.25, 0.3) is 5.91 Å². The first-order valence-electron chi connectivity index (χ1n) is 7.94. The van der Waals surface area contributed by atoms with Crippen LogP contribution >= 0.6 is 0 Å². The summed E-state index contributed by atoms with van der Waals surface area (Å²) in [6.45, 7) is 4.28. The van der Waals surface area contributed by atoms with Crippen molar-refractivity contribution in [2.24, 2.45) is 7.05 Å². The monoisotopic (exact) mass is 330 g/mol. The van der Waals surface area contributed by atoms with Gasteiger partial charge in [0.05, 0.1) is 24.4 Å². The second-order valence-corrected chi connectivity index (χ2v) is 6.13. The van der Waals surface area contributed by atoms with Gasteiger partial charge < -0.3 is 15.0 Å². The molecule has 130 valence electrons. The summed E-state index contributed by atoms with van der Waals surface area (Å²) in [5.41, 5.74) is 3.40. The summed E-state index contributed by atoms with van der Waals surface area (Å²) in [6, 6.07) is 8.00. The summed E-state index contributed by atoms with van der Waals surface area (Å²) in [5.74, 6) is 0.736. The molecule has 1 heterocycles. The molecule has 1 aromatic heterocycles. The topological polar surface area (TPSA) is 59.4 Å². The van der Waals surface area contributed by atoms with Crippen LogP contribution in [0.1, 0.15) is 33.4 Å². The molecule has 0 aliphatic rings. The smallest absolute Gasteiger partial charge is 0.255 e. The summed E-state index contributed by atoms with van der Waals surface area (Å²) >= 11 is 0. The van der Waals surface area contributed by atoms with E-state index in [2.05, 4.69) is 15.3 Å². The minimum atomic E-state index is -0.0848. The van der Waals surface area contributed by atoms with E-state index in [0.29, 0.717) is 12.1 Å². The number of carbonyl (C=O) groups is 1. The van der Waals surface area contributed by atoms with Gasteiger partial charge in [-0.1, -0.05) is 12.1 Å². The minimum absolute atomic E-state index is 0.0807. The Morgan fingerprint density at radius 2 is 1.92 bits per heavy atom. The fourth-order valence-corrected chi connectivity index (χ4v) is 2.80. The first-order chi connectivity index (χ1) is 11.3. The molecule has 1 amide bonds. The zero-order valence-electron chi connectivity index (χ0n) is 15.3. The summed E-state index contributed by atoms with van der Waals surface area (Å²) in [6.07, 6.45) is 0. The Kier molecular flexibility index (Phi) is 5.62. The third-order valence-corrected chi connectivity index (χ3v) is 4.32. The molecular weight excluding hydrogens is 304 g/mol. The van der Waals surface area contributed by atoms with Crippen molar-refractivity contribution in [2.75, 3.05) is 27.7 Å². The highest BCUT2D eigenvalue weighted by atomic mass is 16.5. The van der Waals surface area contributed by atoms with Crippen LogP contribution in [0.3, 0.4) is 0 Å². The number of amides is 1. The predicted octanol–water partition coefficient (Wildman–Crippen LogP) is 2.08. The number of hydrogen-bond donors (Lipinski definition) is 1.